The Labute approximate surface area is 136 Å². The van der Waals surface area contributed by atoms with Crippen LogP contribution in [0.1, 0.15) is 34.6 Å². The number of hydrogen-bond acceptors (Lipinski definition) is 4. The molecular weight excluding hydrogens is 313 g/mol. The Bertz CT molecular complexity index is 342. The normalized spacial score (nSPS) is 14.0. The van der Waals surface area contributed by atoms with Crippen LogP contribution in [0.15, 0.2) is 0 Å². The minimum atomic E-state index is -4.29. The number of amides is 1. The Kier molecular flexibility index (Phi) is 9.53. The first-order valence-electron chi connectivity index (χ1n) is 7.73. The van der Waals surface area contributed by atoms with Crippen LogP contribution in [0.2, 0.25) is 0 Å². The molecule has 1 atom stereocenters. The van der Waals surface area contributed by atoms with Crippen LogP contribution in [0, 0.1) is 11.8 Å². The lowest BCUT2D eigenvalue weighted by atomic mass is 9.96. The minimum Gasteiger partial charge on any atom is -0.444 e. The number of carbonyl (C=O) groups is 1. The lowest BCUT2D eigenvalue weighted by Gasteiger charge is -2.24. The lowest BCUT2D eigenvalue weighted by molar-refractivity contribution is -0.173. The second-order valence-corrected chi connectivity index (χ2v) is 6.76. The van der Waals surface area contributed by atoms with Crippen LogP contribution >= 0.6 is 0 Å². The summed E-state index contributed by atoms with van der Waals surface area (Å²) in [6.45, 7) is 9.48. The molecule has 5 nitrogen and oxygen atoms in total. The first-order chi connectivity index (χ1) is 10.4. The van der Waals surface area contributed by atoms with Gasteiger partial charge in [0.15, 0.2) is 0 Å². The lowest BCUT2D eigenvalue weighted by Crippen LogP contribution is -2.40. The molecule has 138 valence electrons. The number of halogens is 3. The number of carbonyl (C=O) groups excluding carboxylic acids is 1. The molecule has 0 spiro atoms. The zero-order valence-electron chi connectivity index (χ0n) is 14.5. The SMILES string of the molecule is CC(C)C(CNCCOCC(F)(F)F)CNC(=O)OC(C)(C)C. The van der Waals surface area contributed by atoms with Gasteiger partial charge in [0.1, 0.15) is 12.2 Å². The van der Waals surface area contributed by atoms with Crippen LogP contribution in [0.5, 0.6) is 0 Å². The van der Waals surface area contributed by atoms with E-state index < -0.39 is 24.5 Å². The Morgan fingerprint density at radius 3 is 2.22 bits per heavy atom. The maximum atomic E-state index is 11.9. The van der Waals surface area contributed by atoms with E-state index in [1.54, 1.807) is 20.8 Å². The zero-order chi connectivity index (χ0) is 18.1. The van der Waals surface area contributed by atoms with E-state index in [0.29, 0.717) is 25.6 Å². The average molecular weight is 342 g/mol. The molecule has 0 aliphatic rings. The van der Waals surface area contributed by atoms with Crippen molar-refractivity contribution in [2.75, 3.05) is 32.8 Å². The molecule has 0 aromatic carbocycles. The fourth-order valence-corrected chi connectivity index (χ4v) is 1.69. The second kappa shape index (κ2) is 9.97. The summed E-state index contributed by atoms with van der Waals surface area (Å²) in [5.74, 6) is 0.443. The van der Waals surface area contributed by atoms with Gasteiger partial charge in [-0.2, -0.15) is 13.2 Å². The van der Waals surface area contributed by atoms with Gasteiger partial charge in [-0.25, -0.2) is 4.79 Å². The highest BCUT2D eigenvalue weighted by Crippen LogP contribution is 2.14. The van der Waals surface area contributed by atoms with Crippen LogP contribution in [0.3, 0.4) is 0 Å². The highest BCUT2D eigenvalue weighted by molar-refractivity contribution is 5.67. The van der Waals surface area contributed by atoms with E-state index in [1.165, 1.54) is 0 Å². The summed E-state index contributed by atoms with van der Waals surface area (Å²) in [5, 5.41) is 5.75. The van der Waals surface area contributed by atoms with Gasteiger partial charge >= 0.3 is 12.3 Å². The summed E-state index contributed by atoms with van der Waals surface area (Å²) < 4.78 is 45.4. The molecule has 0 aliphatic heterocycles. The molecule has 2 N–H and O–H groups in total. The van der Waals surface area contributed by atoms with E-state index in [1.807, 2.05) is 13.8 Å². The monoisotopic (exact) mass is 342 g/mol. The highest BCUT2D eigenvalue weighted by atomic mass is 19.4. The van der Waals surface area contributed by atoms with Gasteiger partial charge < -0.3 is 20.1 Å². The smallest absolute Gasteiger partial charge is 0.411 e. The van der Waals surface area contributed by atoms with E-state index in [2.05, 4.69) is 15.4 Å². The molecule has 0 aromatic heterocycles. The summed E-state index contributed by atoms with van der Waals surface area (Å²) in [6.07, 6.45) is -4.77. The summed E-state index contributed by atoms with van der Waals surface area (Å²) in [4.78, 5) is 11.6. The Hall–Kier alpha value is -1.02. The number of alkyl carbamates (subject to hydrolysis) is 1. The van der Waals surface area contributed by atoms with Crippen molar-refractivity contribution in [2.24, 2.45) is 11.8 Å². The van der Waals surface area contributed by atoms with Crippen molar-refractivity contribution in [2.45, 2.75) is 46.4 Å². The molecule has 0 aromatic rings. The molecule has 1 amide bonds. The Morgan fingerprint density at radius 2 is 1.74 bits per heavy atom. The van der Waals surface area contributed by atoms with Crippen LogP contribution in [-0.2, 0) is 9.47 Å². The average Bonchev–Trinajstić information content (AvgIpc) is 2.32. The van der Waals surface area contributed by atoms with Crippen molar-refractivity contribution in [3.8, 4) is 0 Å². The largest absolute Gasteiger partial charge is 0.444 e. The van der Waals surface area contributed by atoms with Gasteiger partial charge in [-0.05, 0) is 39.2 Å². The van der Waals surface area contributed by atoms with Gasteiger partial charge in [0, 0.05) is 13.1 Å². The summed E-state index contributed by atoms with van der Waals surface area (Å²) >= 11 is 0. The summed E-state index contributed by atoms with van der Waals surface area (Å²) in [5.41, 5.74) is -0.550. The molecular formula is C15H29F3N2O3. The third kappa shape index (κ3) is 14.3. The molecule has 0 saturated carbocycles. The van der Waals surface area contributed by atoms with Gasteiger partial charge in [0.05, 0.1) is 6.61 Å². The van der Waals surface area contributed by atoms with Crippen LogP contribution in [-0.4, -0.2) is 50.7 Å². The number of hydrogen-bond donors (Lipinski definition) is 2. The van der Waals surface area contributed by atoms with E-state index in [-0.39, 0.29) is 12.5 Å². The predicted molar refractivity (Wildman–Crippen MR) is 82.3 cm³/mol. The predicted octanol–water partition coefficient (Wildman–Crippen LogP) is 2.95. The number of alkyl halides is 3. The van der Waals surface area contributed by atoms with Gasteiger partial charge in [-0.3, -0.25) is 0 Å². The van der Waals surface area contributed by atoms with Crippen molar-refractivity contribution in [1.82, 2.24) is 10.6 Å². The van der Waals surface area contributed by atoms with E-state index in [0.717, 1.165) is 0 Å². The van der Waals surface area contributed by atoms with Gasteiger partial charge in [0.2, 0.25) is 0 Å². The van der Waals surface area contributed by atoms with Crippen molar-refractivity contribution >= 4 is 6.09 Å². The molecule has 23 heavy (non-hydrogen) atoms. The summed E-state index contributed by atoms with van der Waals surface area (Å²) in [6, 6.07) is 0. The van der Waals surface area contributed by atoms with Crippen molar-refractivity contribution in [1.29, 1.82) is 0 Å². The molecule has 0 saturated heterocycles. The number of rotatable bonds is 9. The third-order valence-electron chi connectivity index (χ3n) is 2.95. The first kappa shape index (κ1) is 22.0. The maximum Gasteiger partial charge on any atom is 0.411 e. The molecule has 0 rings (SSSR count). The van der Waals surface area contributed by atoms with Crippen LogP contribution in [0.25, 0.3) is 0 Å². The third-order valence-corrected chi connectivity index (χ3v) is 2.95. The Balaban J connectivity index is 3.93. The molecule has 0 heterocycles. The quantitative estimate of drug-likeness (QED) is 0.633. The molecule has 0 aliphatic carbocycles. The fourth-order valence-electron chi connectivity index (χ4n) is 1.69. The zero-order valence-corrected chi connectivity index (χ0v) is 14.5. The van der Waals surface area contributed by atoms with E-state index in [4.69, 9.17) is 4.74 Å². The van der Waals surface area contributed by atoms with Crippen molar-refractivity contribution < 1.29 is 27.4 Å². The molecule has 0 bridgehead atoms. The highest BCUT2D eigenvalue weighted by Gasteiger charge is 2.27. The topological polar surface area (TPSA) is 59.6 Å². The van der Waals surface area contributed by atoms with Crippen molar-refractivity contribution in [3.05, 3.63) is 0 Å². The number of ether oxygens (including phenoxy) is 2. The molecule has 0 fully saturated rings. The van der Waals surface area contributed by atoms with E-state index in [9.17, 15) is 18.0 Å². The molecule has 0 radical (unpaired) electrons. The molecule has 1 unspecified atom stereocenters. The first-order valence-corrected chi connectivity index (χ1v) is 7.73. The van der Waals surface area contributed by atoms with Crippen LogP contribution in [0.4, 0.5) is 18.0 Å². The molecule has 8 heteroatoms. The minimum absolute atomic E-state index is 0.0101. The second-order valence-electron chi connectivity index (χ2n) is 6.76. The van der Waals surface area contributed by atoms with Crippen LogP contribution < -0.4 is 10.6 Å². The van der Waals surface area contributed by atoms with Gasteiger partial charge in [-0.15, -0.1) is 0 Å². The van der Waals surface area contributed by atoms with Gasteiger partial charge in [0.25, 0.3) is 0 Å². The van der Waals surface area contributed by atoms with E-state index >= 15 is 0 Å². The van der Waals surface area contributed by atoms with Crippen molar-refractivity contribution in [3.63, 3.8) is 0 Å². The summed E-state index contributed by atoms with van der Waals surface area (Å²) in [7, 11) is 0. The standard InChI is InChI=1S/C15H29F3N2O3/c1-11(2)12(9-20-13(21)23-14(3,4)5)8-19-6-7-22-10-15(16,17)18/h11-12,19H,6-10H2,1-5H3,(H,20,21). The number of nitrogens with one attached hydrogen (secondary N) is 2. The van der Waals surface area contributed by atoms with Gasteiger partial charge in [-0.1, -0.05) is 13.8 Å². The fraction of sp³-hybridized carbons (Fsp3) is 0.933. The maximum absolute atomic E-state index is 11.9. The Morgan fingerprint density at radius 1 is 1.13 bits per heavy atom.